The molecule has 1 amide bonds. The van der Waals surface area contributed by atoms with Crippen LogP contribution in [0.15, 0.2) is 22.7 Å². The minimum absolute atomic E-state index is 0.0289. The van der Waals surface area contributed by atoms with Crippen molar-refractivity contribution in [3.05, 3.63) is 33.9 Å². The van der Waals surface area contributed by atoms with Crippen molar-refractivity contribution in [2.75, 3.05) is 0 Å². The van der Waals surface area contributed by atoms with E-state index in [1.54, 1.807) is 4.90 Å². The van der Waals surface area contributed by atoms with Crippen LogP contribution in [0, 0.1) is 0 Å². The monoisotopic (exact) mass is 320 g/mol. The van der Waals surface area contributed by atoms with Gasteiger partial charge in [-0.1, -0.05) is 22.0 Å². The molecule has 19 heavy (non-hydrogen) atoms. The van der Waals surface area contributed by atoms with Gasteiger partial charge >= 0.3 is 6.09 Å². The summed E-state index contributed by atoms with van der Waals surface area (Å²) in [6, 6.07) is 6.33. The molecule has 98 valence electrons. The van der Waals surface area contributed by atoms with Gasteiger partial charge in [0.05, 0.1) is 6.04 Å². The van der Waals surface area contributed by atoms with Gasteiger partial charge in [0, 0.05) is 39.1 Å². The van der Waals surface area contributed by atoms with Gasteiger partial charge in [0.25, 0.3) is 0 Å². The summed E-state index contributed by atoms with van der Waals surface area (Å²) in [6.07, 6.45) is 1.93. The maximum Gasteiger partial charge on any atom is 0.408 e. The number of fused-ring (bicyclic) bond motifs is 6. The maximum absolute atomic E-state index is 11.4. The van der Waals surface area contributed by atoms with Gasteiger partial charge in [-0.05, 0) is 25.0 Å². The second-order valence-electron chi connectivity index (χ2n) is 5.35. The van der Waals surface area contributed by atoms with E-state index in [1.165, 1.54) is 11.3 Å². The summed E-state index contributed by atoms with van der Waals surface area (Å²) in [5.41, 5.74) is 3.51. The molecule has 0 spiro atoms. The second-order valence-corrected chi connectivity index (χ2v) is 6.26. The number of amides is 1. The third kappa shape index (κ3) is 1.48. The molecular weight excluding hydrogens is 308 g/mol. The number of benzene rings is 1. The van der Waals surface area contributed by atoms with Crippen LogP contribution in [0.1, 0.15) is 30.1 Å². The highest BCUT2D eigenvalue weighted by molar-refractivity contribution is 9.10. The molecule has 4 nitrogen and oxygen atoms in total. The second kappa shape index (κ2) is 3.76. The smallest absolute Gasteiger partial charge is 0.408 e. The van der Waals surface area contributed by atoms with E-state index >= 15 is 0 Å². The zero-order valence-electron chi connectivity index (χ0n) is 10.2. The summed E-state index contributed by atoms with van der Waals surface area (Å²) < 4.78 is 1.04. The summed E-state index contributed by atoms with van der Waals surface area (Å²) in [6.45, 7) is 0. The van der Waals surface area contributed by atoms with Crippen LogP contribution in [0.5, 0.6) is 0 Å². The molecule has 0 aliphatic carbocycles. The van der Waals surface area contributed by atoms with Crippen molar-refractivity contribution in [1.29, 1.82) is 0 Å². The minimum Gasteiger partial charge on any atom is -0.465 e. The third-order valence-corrected chi connectivity index (χ3v) is 4.87. The zero-order valence-corrected chi connectivity index (χ0v) is 11.8. The molecule has 1 saturated heterocycles. The lowest BCUT2D eigenvalue weighted by molar-refractivity contribution is 0.117. The average molecular weight is 321 g/mol. The lowest BCUT2D eigenvalue weighted by Gasteiger charge is -2.32. The van der Waals surface area contributed by atoms with Crippen LogP contribution < -0.4 is 0 Å². The van der Waals surface area contributed by atoms with Crippen molar-refractivity contribution in [3.8, 4) is 0 Å². The molecule has 2 N–H and O–H groups in total. The van der Waals surface area contributed by atoms with E-state index in [9.17, 15) is 9.90 Å². The topological polar surface area (TPSA) is 56.3 Å². The predicted octanol–water partition coefficient (Wildman–Crippen LogP) is 3.67. The highest BCUT2D eigenvalue weighted by Gasteiger charge is 2.44. The lowest BCUT2D eigenvalue weighted by atomic mass is 9.97. The van der Waals surface area contributed by atoms with Gasteiger partial charge in [-0.2, -0.15) is 0 Å². The zero-order chi connectivity index (χ0) is 13.1. The Morgan fingerprint density at radius 2 is 2.26 bits per heavy atom. The van der Waals surface area contributed by atoms with Gasteiger partial charge < -0.3 is 10.1 Å². The summed E-state index contributed by atoms with van der Waals surface area (Å²) >= 11 is 3.48. The molecule has 1 fully saturated rings. The predicted molar refractivity (Wildman–Crippen MR) is 75.3 cm³/mol. The molecule has 2 bridgehead atoms. The molecule has 2 atom stereocenters. The third-order valence-electron chi connectivity index (χ3n) is 4.38. The van der Waals surface area contributed by atoms with E-state index in [2.05, 4.69) is 33.0 Å². The van der Waals surface area contributed by atoms with Crippen LogP contribution in [-0.4, -0.2) is 27.1 Å². The number of rotatable bonds is 0. The first-order valence-corrected chi connectivity index (χ1v) is 7.25. The van der Waals surface area contributed by atoms with Gasteiger partial charge in [-0.25, -0.2) is 4.79 Å². The Morgan fingerprint density at radius 1 is 1.42 bits per heavy atom. The molecule has 2 unspecified atom stereocenters. The summed E-state index contributed by atoms with van der Waals surface area (Å²) in [5, 5.41) is 10.6. The fraction of sp³-hybridized carbons (Fsp3) is 0.357. The van der Waals surface area contributed by atoms with Crippen LogP contribution in [0.3, 0.4) is 0 Å². The number of aromatic nitrogens is 1. The van der Waals surface area contributed by atoms with E-state index < -0.39 is 6.09 Å². The number of hydrogen-bond donors (Lipinski definition) is 2. The largest absolute Gasteiger partial charge is 0.465 e. The molecule has 1 aromatic heterocycles. The molecule has 3 heterocycles. The molecule has 0 saturated carbocycles. The Morgan fingerprint density at radius 3 is 3.05 bits per heavy atom. The molecule has 4 rings (SSSR count). The number of aromatic amines is 1. The fourth-order valence-electron chi connectivity index (χ4n) is 3.68. The van der Waals surface area contributed by atoms with Crippen molar-refractivity contribution < 1.29 is 9.90 Å². The molecule has 2 aliphatic heterocycles. The Bertz CT molecular complexity index is 694. The molecule has 2 aliphatic rings. The Kier molecular flexibility index (Phi) is 2.24. The number of nitrogens with zero attached hydrogens (tertiary/aromatic N) is 1. The first-order valence-electron chi connectivity index (χ1n) is 6.46. The number of halogens is 1. The van der Waals surface area contributed by atoms with E-state index in [4.69, 9.17) is 0 Å². The van der Waals surface area contributed by atoms with Crippen LogP contribution in [0.25, 0.3) is 10.9 Å². The number of carbonyl (C=O) groups is 1. The number of carboxylic acid groups (broad SMARTS) is 1. The number of nitrogens with one attached hydrogen (secondary N) is 1. The molecule has 5 heteroatoms. The standard InChI is InChI=1S/C14H13BrN2O2/c15-7-1-3-9-10(5-7)16-11-6-8-2-4-12(13(9)11)17(8)14(18)19/h1,3,5,8,12,16H,2,4,6H2,(H,18,19). The number of hydrogen-bond acceptors (Lipinski definition) is 1. The summed E-state index contributed by atoms with van der Waals surface area (Å²) in [4.78, 5) is 16.6. The number of H-pyrrole nitrogens is 1. The van der Waals surface area contributed by atoms with Crippen LogP contribution in [-0.2, 0) is 6.42 Å². The van der Waals surface area contributed by atoms with Crippen LogP contribution in [0.2, 0.25) is 0 Å². The Hall–Kier alpha value is -1.49. The fourth-order valence-corrected chi connectivity index (χ4v) is 4.04. The first-order chi connectivity index (χ1) is 9.15. The molecule has 1 aromatic carbocycles. The van der Waals surface area contributed by atoms with Crippen molar-refractivity contribution >= 4 is 32.9 Å². The lowest BCUT2D eigenvalue weighted by Crippen LogP contribution is -2.40. The van der Waals surface area contributed by atoms with E-state index in [0.717, 1.165) is 34.6 Å². The maximum atomic E-state index is 11.4. The van der Waals surface area contributed by atoms with Crippen molar-refractivity contribution in [2.24, 2.45) is 0 Å². The SMILES string of the molecule is O=C(O)N1C2CCC1c1c([nH]c3cc(Br)ccc13)C2. The van der Waals surface area contributed by atoms with Gasteiger partial charge in [0.2, 0.25) is 0 Å². The van der Waals surface area contributed by atoms with Gasteiger partial charge in [-0.3, -0.25) is 4.90 Å². The molecular formula is C14H13BrN2O2. The van der Waals surface area contributed by atoms with Gasteiger partial charge in [0.15, 0.2) is 0 Å². The minimum atomic E-state index is -0.787. The molecule has 0 radical (unpaired) electrons. The van der Waals surface area contributed by atoms with Crippen molar-refractivity contribution in [3.63, 3.8) is 0 Å². The first kappa shape index (κ1) is 11.3. The van der Waals surface area contributed by atoms with Crippen molar-refractivity contribution in [2.45, 2.75) is 31.3 Å². The Balaban J connectivity index is 1.95. The average Bonchev–Trinajstić information content (AvgIpc) is 2.86. The van der Waals surface area contributed by atoms with Gasteiger partial charge in [0.1, 0.15) is 0 Å². The van der Waals surface area contributed by atoms with Gasteiger partial charge in [-0.15, -0.1) is 0 Å². The quantitative estimate of drug-likeness (QED) is 0.778. The van der Waals surface area contributed by atoms with Crippen molar-refractivity contribution in [1.82, 2.24) is 9.88 Å². The normalized spacial score (nSPS) is 24.8. The molecule has 2 aromatic rings. The van der Waals surface area contributed by atoms with E-state index in [1.807, 2.05) is 6.07 Å². The Labute approximate surface area is 118 Å². The van der Waals surface area contributed by atoms with E-state index in [0.29, 0.717) is 0 Å². The van der Waals surface area contributed by atoms with Crippen LogP contribution >= 0.6 is 15.9 Å². The van der Waals surface area contributed by atoms with E-state index in [-0.39, 0.29) is 12.1 Å². The highest BCUT2D eigenvalue weighted by atomic mass is 79.9. The summed E-state index contributed by atoms with van der Waals surface area (Å²) in [5.74, 6) is 0. The summed E-state index contributed by atoms with van der Waals surface area (Å²) in [7, 11) is 0. The van der Waals surface area contributed by atoms with Crippen LogP contribution in [0.4, 0.5) is 4.79 Å². The highest BCUT2D eigenvalue weighted by Crippen LogP contribution is 2.46.